The second-order valence-electron chi connectivity index (χ2n) is 5.10. The van der Waals surface area contributed by atoms with Crippen LogP contribution < -0.4 is 0 Å². The van der Waals surface area contributed by atoms with Crippen LogP contribution in [0.2, 0.25) is 0 Å². The average molecular weight is 261 g/mol. The van der Waals surface area contributed by atoms with Crippen molar-refractivity contribution in [3.8, 4) is 0 Å². The lowest BCUT2D eigenvalue weighted by Crippen LogP contribution is -1.98. The molecule has 0 N–H and O–H groups in total. The molecule has 0 unspecified atom stereocenters. The molecule has 98 valence electrons. The Kier molecular flexibility index (Phi) is 6.20. The van der Waals surface area contributed by atoms with Crippen LogP contribution in [0.15, 0.2) is 41.0 Å². The van der Waals surface area contributed by atoms with Crippen LogP contribution in [-0.2, 0) is 0 Å². The second-order valence-corrected chi connectivity index (χ2v) is 6.13. The SMILES string of the molecule is C=N/C(=C(\SCC(C)C)c1ccccc1)C(C)C. The van der Waals surface area contributed by atoms with E-state index < -0.39 is 0 Å². The molecule has 0 fully saturated rings. The number of hydrogen-bond acceptors (Lipinski definition) is 2. The Labute approximate surface area is 115 Å². The van der Waals surface area contributed by atoms with Crippen LogP contribution in [0.4, 0.5) is 0 Å². The zero-order valence-electron chi connectivity index (χ0n) is 11.8. The molecule has 0 saturated heterocycles. The van der Waals surface area contributed by atoms with E-state index in [1.165, 1.54) is 10.5 Å². The molecule has 0 bridgehead atoms. The van der Waals surface area contributed by atoms with Crippen LogP contribution in [0.5, 0.6) is 0 Å². The third kappa shape index (κ3) is 4.34. The van der Waals surface area contributed by atoms with Crippen molar-refractivity contribution in [2.75, 3.05) is 5.75 Å². The highest BCUT2D eigenvalue weighted by molar-refractivity contribution is 8.08. The normalized spacial score (nSPS) is 12.8. The van der Waals surface area contributed by atoms with E-state index in [-0.39, 0.29) is 0 Å². The van der Waals surface area contributed by atoms with Crippen molar-refractivity contribution in [3.63, 3.8) is 0 Å². The van der Waals surface area contributed by atoms with Crippen LogP contribution >= 0.6 is 11.8 Å². The molecule has 0 radical (unpaired) electrons. The van der Waals surface area contributed by atoms with Gasteiger partial charge in [0.05, 0.1) is 5.70 Å². The molecule has 1 aromatic carbocycles. The largest absolute Gasteiger partial charge is 0.268 e. The van der Waals surface area contributed by atoms with E-state index in [4.69, 9.17) is 0 Å². The van der Waals surface area contributed by atoms with Crippen molar-refractivity contribution in [2.24, 2.45) is 16.8 Å². The molecule has 0 amide bonds. The zero-order chi connectivity index (χ0) is 13.5. The number of aliphatic imine (C=N–C) groups is 1. The molecule has 0 spiro atoms. The number of hydrogen-bond donors (Lipinski definition) is 0. The third-order valence-electron chi connectivity index (χ3n) is 2.55. The Hall–Kier alpha value is -1.02. The van der Waals surface area contributed by atoms with Crippen LogP contribution in [-0.4, -0.2) is 12.5 Å². The number of nitrogens with zero attached hydrogens (tertiary/aromatic N) is 1. The van der Waals surface area contributed by atoms with Gasteiger partial charge in [0.15, 0.2) is 0 Å². The number of benzene rings is 1. The summed E-state index contributed by atoms with van der Waals surface area (Å²) in [5, 5.41) is 0. The molecular formula is C16H23NS. The van der Waals surface area contributed by atoms with Crippen molar-refractivity contribution in [1.82, 2.24) is 0 Å². The Morgan fingerprint density at radius 1 is 1.17 bits per heavy atom. The van der Waals surface area contributed by atoms with Gasteiger partial charge in [0, 0.05) is 10.7 Å². The van der Waals surface area contributed by atoms with Gasteiger partial charge in [0.1, 0.15) is 0 Å². The van der Waals surface area contributed by atoms with Gasteiger partial charge in [-0.25, -0.2) is 0 Å². The summed E-state index contributed by atoms with van der Waals surface area (Å²) in [7, 11) is 0. The standard InChI is InChI=1S/C16H23NS/c1-12(2)11-18-16(15(17-5)13(3)4)14-9-7-6-8-10-14/h6-10,12-13H,5,11H2,1-4H3/b16-15-. The van der Waals surface area contributed by atoms with Crippen LogP contribution in [0, 0.1) is 11.8 Å². The summed E-state index contributed by atoms with van der Waals surface area (Å²) in [6.07, 6.45) is 0. The molecule has 2 heteroatoms. The fourth-order valence-electron chi connectivity index (χ4n) is 1.66. The molecule has 0 aliphatic carbocycles. The third-order valence-corrected chi connectivity index (χ3v) is 4.11. The molecule has 0 aliphatic rings. The van der Waals surface area contributed by atoms with Gasteiger partial charge in [-0.15, -0.1) is 11.8 Å². The summed E-state index contributed by atoms with van der Waals surface area (Å²) in [6.45, 7) is 12.6. The minimum atomic E-state index is 0.400. The van der Waals surface area contributed by atoms with Crippen molar-refractivity contribution < 1.29 is 0 Å². The fourth-order valence-corrected chi connectivity index (χ4v) is 2.91. The minimum Gasteiger partial charge on any atom is -0.268 e. The first-order valence-electron chi connectivity index (χ1n) is 6.45. The smallest absolute Gasteiger partial charge is 0.0563 e. The molecule has 0 aromatic heterocycles. The quantitative estimate of drug-likeness (QED) is 0.649. The molecule has 0 saturated carbocycles. The Balaban J connectivity index is 3.13. The molecule has 18 heavy (non-hydrogen) atoms. The summed E-state index contributed by atoms with van der Waals surface area (Å²) in [6, 6.07) is 10.5. The van der Waals surface area contributed by atoms with E-state index in [2.05, 4.69) is 63.7 Å². The maximum absolute atomic E-state index is 4.25. The summed E-state index contributed by atoms with van der Waals surface area (Å²) >= 11 is 1.89. The summed E-state index contributed by atoms with van der Waals surface area (Å²) in [5.74, 6) is 2.18. The first-order valence-corrected chi connectivity index (χ1v) is 7.44. The van der Waals surface area contributed by atoms with Gasteiger partial charge in [-0.2, -0.15) is 0 Å². The van der Waals surface area contributed by atoms with Gasteiger partial charge < -0.3 is 0 Å². The van der Waals surface area contributed by atoms with E-state index in [1.54, 1.807) is 0 Å². The topological polar surface area (TPSA) is 12.4 Å². The first-order chi connectivity index (χ1) is 8.56. The lowest BCUT2D eigenvalue weighted by atomic mass is 10.1. The van der Waals surface area contributed by atoms with E-state index in [0.717, 1.165) is 11.4 Å². The molecule has 0 aliphatic heterocycles. The van der Waals surface area contributed by atoms with E-state index in [1.807, 2.05) is 17.8 Å². The highest BCUT2D eigenvalue weighted by Crippen LogP contribution is 2.35. The lowest BCUT2D eigenvalue weighted by molar-refractivity contribution is 0.750. The zero-order valence-corrected chi connectivity index (χ0v) is 12.6. The minimum absolute atomic E-state index is 0.400. The maximum atomic E-state index is 4.25. The Morgan fingerprint density at radius 2 is 1.78 bits per heavy atom. The number of thioether (sulfide) groups is 1. The van der Waals surface area contributed by atoms with Gasteiger partial charge in [-0.3, -0.25) is 4.99 Å². The molecule has 1 aromatic rings. The van der Waals surface area contributed by atoms with Crippen molar-refractivity contribution in [2.45, 2.75) is 27.7 Å². The molecule has 0 heterocycles. The van der Waals surface area contributed by atoms with Gasteiger partial charge in [-0.05, 0) is 24.1 Å². The van der Waals surface area contributed by atoms with E-state index >= 15 is 0 Å². The summed E-state index contributed by atoms with van der Waals surface area (Å²) < 4.78 is 0. The van der Waals surface area contributed by atoms with Gasteiger partial charge >= 0.3 is 0 Å². The molecule has 0 atom stereocenters. The molecule has 1 nitrogen and oxygen atoms in total. The van der Waals surface area contributed by atoms with Gasteiger partial charge in [0.25, 0.3) is 0 Å². The maximum Gasteiger partial charge on any atom is 0.0563 e. The first kappa shape index (κ1) is 15.0. The van der Waals surface area contributed by atoms with E-state index in [0.29, 0.717) is 11.8 Å². The fraction of sp³-hybridized carbons (Fsp3) is 0.438. The predicted octanol–water partition coefficient (Wildman–Crippen LogP) is 5.10. The van der Waals surface area contributed by atoms with Crippen molar-refractivity contribution >= 4 is 23.4 Å². The lowest BCUT2D eigenvalue weighted by Gasteiger charge is -2.15. The van der Waals surface area contributed by atoms with Crippen LogP contribution in [0.25, 0.3) is 4.91 Å². The number of allylic oxidation sites excluding steroid dienone is 1. The predicted molar refractivity (Wildman–Crippen MR) is 85.0 cm³/mol. The van der Waals surface area contributed by atoms with Crippen molar-refractivity contribution in [1.29, 1.82) is 0 Å². The van der Waals surface area contributed by atoms with Crippen LogP contribution in [0.3, 0.4) is 0 Å². The summed E-state index contributed by atoms with van der Waals surface area (Å²) in [5.41, 5.74) is 2.35. The van der Waals surface area contributed by atoms with Crippen LogP contribution in [0.1, 0.15) is 33.3 Å². The summed E-state index contributed by atoms with van der Waals surface area (Å²) in [4.78, 5) is 5.52. The van der Waals surface area contributed by atoms with E-state index in [9.17, 15) is 0 Å². The molecular weight excluding hydrogens is 238 g/mol. The van der Waals surface area contributed by atoms with Gasteiger partial charge in [-0.1, -0.05) is 58.0 Å². The highest BCUT2D eigenvalue weighted by Gasteiger charge is 2.12. The Bertz CT molecular complexity index is 404. The Morgan fingerprint density at radius 3 is 2.22 bits per heavy atom. The highest BCUT2D eigenvalue weighted by atomic mass is 32.2. The van der Waals surface area contributed by atoms with Crippen molar-refractivity contribution in [3.05, 3.63) is 41.6 Å². The van der Waals surface area contributed by atoms with Gasteiger partial charge in [0.2, 0.25) is 0 Å². The average Bonchev–Trinajstić information content (AvgIpc) is 2.34. The monoisotopic (exact) mass is 261 g/mol. The second kappa shape index (κ2) is 7.42. The number of rotatable bonds is 6. The molecule has 1 rings (SSSR count).